The molecule has 4 heteroatoms. The van der Waals surface area contributed by atoms with Gasteiger partial charge in [0.05, 0.1) is 12.3 Å². The molecule has 17 heavy (non-hydrogen) atoms. The van der Waals surface area contributed by atoms with Crippen LogP contribution in [-0.4, -0.2) is 24.2 Å². The molecule has 0 saturated carbocycles. The predicted molar refractivity (Wildman–Crippen MR) is 76.6 cm³/mol. The van der Waals surface area contributed by atoms with E-state index in [9.17, 15) is 0 Å². The van der Waals surface area contributed by atoms with Gasteiger partial charge in [-0.2, -0.15) is 11.8 Å². The second kappa shape index (κ2) is 6.41. The van der Waals surface area contributed by atoms with Crippen LogP contribution in [0.25, 0.3) is 0 Å². The molecule has 94 valence electrons. The van der Waals surface area contributed by atoms with E-state index in [1.54, 1.807) is 0 Å². The van der Waals surface area contributed by atoms with Gasteiger partial charge in [0.15, 0.2) is 0 Å². The topological polar surface area (TPSA) is 21.3 Å². The lowest BCUT2D eigenvalue weighted by Crippen LogP contribution is -2.18. The van der Waals surface area contributed by atoms with Crippen molar-refractivity contribution in [2.24, 2.45) is 0 Å². The number of hydrogen-bond acceptors (Lipinski definition) is 3. The van der Waals surface area contributed by atoms with Crippen molar-refractivity contribution in [3.8, 4) is 5.75 Å². The Balaban J connectivity index is 2.08. The number of thioether (sulfide) groups is 1. The van der Waals surface area contributed by atoms with Crippen molar-refractivity contribution in [1.29, 1.82) is 0 Å². The fourth-order valence-corrected chi connectivity index (χ4v) is 3.15. The molecule has 0 bridgehead atoms. The van der Waals surface area contributed by atoms with Gasteiger partial charge in [-0.1, -0.05) is 18.5 Å². The molecule has 0 amide bonds. The molecule has 2 rings (SSSR count). The summed E-state index contributed by atoms with van der Waals surface area (Å²) in [5.41, 5.74) is 1.03. The standard InChI is InChI=1S/C13H18ClNOS/c1-2-6-16-13-4-3-10(14)8-12(13)15-11-5-7-17-9-11/h3-4,8,11,15H,2,5-7,9H2,1H3. The Morgan fingerprint density at radius 3 is 3.12 bits per heavy atom. The Kier molecular flexibility index (Phi) is 4.86. The van der Waals surface area contributed by atoms with Crippen molar-refractivity contribution in [1.82, 2.24) is 0 Å². The molecule has 0 radical (unpaired) electrons. The molecule has 1 aliphatic heterocycles. The first-order valence-electron chi connectivity index (χ1n) is 6.06. The van der Waals surface area contributed by atoms with Crippen LogP contribution in [0.5, 0.6) is 5.75 Å². The van der Waals surface area contributed by atoms with Gasteiger partial charge in [-0.15, -0.1) is 0 Å². The van der Waals surface area contributed by atoms with E-state index < -0.39 is 0 Å². The molecule has 2 nitrogen and oxygen atoms in total. The summed E-state index contributed by atoms with van der Waals surface area (Å²) < 4.78 is 5.72. The van der Waals surface area contributed by atoms with Gasteiger partial charge in [0.2, 0.25) is 0 Å². The summed E-state index contributed by atoms with van der Waals surface area (Å²) in [4.78, 5) is 0. The minimum atomic E-state index is 0.544. The van der Waals surface area contributed by atoms with Gasteiger partial charge in [-0.3, -0.25) is 0 Å². The van der Waals surface area contributed by atoms with Gasteiger partial charge in [-0.25, -0.2) is 0 Å². The molecule has 1 atom stereocenters. The minimum Gasteiger partial charge on any atom is -0.491 e. The van der Waals surface area contributed by atoms with Crippen LogP contribution in [0.3, 0.4) is 0 Å². The first kappa shape index (κ1) is 12.9. The van der Waals surface area contributed by atoms with Crippen LogP contribution in [0.1, 0.15) is 19.8 Å². The number of nitrogens with one attached hydrogen (secondary N) is 1. The lowest BCUT2D eigenvalue weighted by Gasteiger charge is -2.17. The van der Waals surface area contributed by atoms with Crippen LogP contribution >= 0.6 is 23.4 Å². The maximum atomic E-state index is 6.04. The number of hydrogen-bond donors (Lipinski definition) is 1. The highest BCUT2D eigenvalue weighted by atomic mass is 35.5. The summed E-state index contributed by atoms with van der Waals surface area (Å²) >= 11 is 8.03. The molecule has 1 aromatic rings. The third-order valence-corrected chi connectivity index (χ3v) is 4.09. The SMILES string of the molecule is CCCOc1ccc(Cl)cc1NC1CCSC1. The van der Waals surface area contributed by atoms with Gasteiger partial charge in [-0.05, 0) is 36.8 Å². The van der Waals surface area contributed by atoms with Crippen molar-refractivity contribution in [2.45, 2.75) is 25.8 Å². The Labute approximate surface area is 112 Å². The van der Waals surface area contributed by atoms with Gasteiger partial charge in [0, 0.05) is 16.8 Å². The highest BCUT2D eigenvalue weighted by Crippen LogP contribution is 2.31. The van der Waals surface area contributed by atoms with E-state index in [4.69, 9.17) is 16.3 Å². The van der Waals surface area contributed by atoms with E-state index in [-0.39, 0.29) is 0 Å². The van der Waals surface area contributed by atoms with E-state index in [0.717, 1.165) is 29.5 Å². The average molecular weight is 272 g/mol. The molecule has 1 aliphatic rings. The largest absolute Gasteiger partial charge is 0.491 e. The van der Waals surface area contributed by atoms with Gasteiger partial charge in [0.1, 0.15) is 5.75 Å². The van der Waals surface area contributed by atoms with Crippen molar-refractivity contribution >= 4 is 29.1 Å². The summed E-state index contributed by atoms with van der Waals surface area (Å²) in [6.45, 7) is 2.85. The van der Waals surface area contributed by atoms with E-state index in [2.05, 4.69) is 12.2 Å². The average Bonchev–Trinajstić information content (AvgIpc) is 2.81. The third kappa shape index (κ3) is 3.71. The van der Waals surface area contributed by atoms with Crippen molar-refractivity contribution in [3.63, 3.8) is 0 Å². The molecule has 1 fully saturated rings. The maximum absolute atomic E-state index is 6.04. The van der Waals surface area contributed by atoms with Crippen molar-refractivity contribution in [2.75, 3.05) is 23.4 Å². The van der Waals surface area contributed by atoms with E-state index in [0.29, 0.717) is 6.04 Å². The normalized spacial score (nSPS) is 19.3. The van der Waals surface area contributed by atoms with Gasteiger partial charge < -0.3 is 10.1 Å². The van der Waals surface area contributed by atoms with E-state index in [1.165, 1.54) is 17.9 Å². The van der Waals surface area contributed by atoms with Crippen LogP contribution in [0.4, 0.5) is 5.69 Å². The minimum absolute atomic E-state index is 0.544. The molecule has 0 aromatic heterocycles. The molecule has 0 spiro atoms. The van der Waals surface area contributed by atoms with Crippen molar-refractivity contribution < 1.29 is 4.74 Å². The Hall–Kier alpha value is -0.540. The number of anilines is 1. The Morgan fingerprint density at radius 2 is 2.41 bits per heavy atom. The zero-order valence-electron chi connectivity index (χ0n) is 10.0. The third-order valence-electron chi connectivity index (χ3n) is 2.69. The molecular formula is C13H18ClNOS. The summed E-state index contributed by atoms with van der Waals surface area (Å²) in [6, 6.07) is 6.32. The summed E-state index contributed by atoms with van der Waals surface area (Å²) in [5.74, 6) is 3.32. The summed E-state index contributed by atoms with van der Waals surface area (Å²) in [6.07, 6.45) is 2.23. The predicted octanol–water partition coefficient (Wildman–Crippen LogP) is 4.05. The van der Waals surface area contributed by atoms with Crippen molar-refractivity contribution in [3.05, 3.63) is 23.2 Å². The van der Waals surface area contributed by atoms with Crippen LogP contribution in [-0.2, 0) is 0 Å². The molecule has 1 unspecified atom stereocenters. The number of halogens is 1. The fraction of sp³-hybridized carbons (Fsp3) is 0.538. The van der Waals surface area contributed by atoms with Gasteiger partial charge >= 0.3 is 0 Å². The lowest BCUT2D eigenvalue weighted by molar-refractivity contribution is 0.318. The molecule has 1 heterocycles. The smallest absolute Gasteiger partial charge is 0.142 e. The Morgan fingerprint density at radius 1 is 1.53 bits per heavy atom. The second-order valence-corrected chi connectivity index (χ2v) is 5.78. The summed E-state index contributed by atoms with van der Waals surface area (Å²) in [7, 11) is 0. The molecule has 0 aliphatic carbocycles. The highest BCUT2D eigenvalue weighted by molar-refractivity contribution is 7.99. The molecule has 1 N–H and O–H groups in total. The van der Waals surface area contributed by atoms with Crippen LogP contribution < -0.4 is 10.1 Å². The number of ether oxygens (including phenoxy) is 1. The van der Waals surface area contributed by atoms with Gasteiger partial charge in [0.25, 0.3) is 0 Å². The summed E-state index contributed by atoms with van der Waals surface area (Å²) in [5, 5.41) is 4.28. The van der Waals surface area contributed by atoms with E-state index in [1.807, 2.05) is 30.0 Å². The second-order valence-electron chi connectivity index (χ2n) is 4.19. The zero-order chi connectivity index (χ0) is 12.1. The lowest BCUT2D eigenvalue weighted by atomic mass is 10.2. The highest BCUT2D eigenvalue weighted by Gasteiger charge is 2.16. The monoisotopic (exact) mass is 271 g/mol. The molecule has 1 saturated heterocycles. The van der Waals surface area contributed by atoms with E-state index >= 15 is 0 Å². The number of benzene rings is 1. The molecule has 1 aromatic carbocycles. The first-order valence-corrected chi connectivity index (χ1v) is 7.59. The number of rotatable bonds is 5. The fourth-order valence-electron chi connectivity index (χ4n) is 1.82. The zero-order valence-corrected chi connectivity index (χ0v) is 11.6. The quantitative estimate of drug-likeness (QED) is 0.873. The molecular weight excluding hydrogens is 254 g/mol. The van der Waals surface area contributed by atoms with Crippen LogP contribution in [0.15, 0.2) is 18.2 Å². The first-order chi connectivity index (χ1) is 8.29. The van der Waals surface area contributed by atoms with Crippen LogP contribution in [0.2, 0.25) is 5.02 Å². The van der Waals surface area contributed by atoms with Crippen LogP contribution in [0, 0.1) is 0 Å². The Bertz CT molecular complexity index is 366. The maximum Gasteiger partial charge on any atom is 0.142 e.